The lowest BCUT2D eigenvalue weighted by molar-refractivity contribution is -0.140. The van der Waals surface area contributed by atoms with Crippen LogP contribution in [0, 0.1) is 0 Å². The van der Waals surface area contributed by atoms with Gasteiger partial charge in [-0.1, -0.05) is 91.0 Å². The molecule has 3 heterocycles. The molecule has 6 aromatic carbocycles. The van der Waals surface area contributed by atoms with Crippen molar-refractivity contribution in [1.29, 1.82) is 0 Å². The molecule has 0 aliphatic carbocycles. The van der Waals surface area contributed by atoms with E-state index in [1.165, 1.54) is 0 Å². The van der Waals surface area contributed by atoms with Crippen molar-refractivity contribution in [3.05, 3.63) is 198 Å². The molecule has 3 aromatic heterocycles. The van der Waals surface area contributed by atoms with E-state index < -0.39 is 75.9 Å². The second-order valence-electron chi connectivity index (χ2n) is 23.6. The Hall–Kier alpha value is -8.71. The third kappa shape index (κ3) is 15.6. The number of halogens is 1. The number of nitrogens with two attached hydrogens (primary N) is 6. The summed E-state index contributed by atoms with van der Waals surface area (Å²) in [5, 5.41) is 45.1. The van der Waals surface area contributed by atoms with Gasteiger partial charge in [-0.3, -0.25) is 28.8 Å². The van der Waals surface area contributed by atoms with Gasteiger partial charge in [0.05, 0.1) is 0 Å². The minimum Gasteiger partial charge on any atom is -0.385 e. The van der Waals surface area contributed by atoms with Gasteiger partial charge < -0.3 is 80.6 Å². The summed E-state index contributed by atoms with van der Waals surface area (Å²) >= 11 is 0. The van der Waals surface area contributed by atoms with Gasteiger partial charge in [0.25, 0.3) is 17.7 Å². The zero-order chi connectivity index (χ0) is 64.9. The number of hydrogen-bond donors (Lipinski definition) is 15. The van der Waals surface area contributed by atoms with Crippen molar-refractivity contribution in [3.63, 3.8) is 0 Å². The summed E-state index contributed by atoms with van der Waals surface area (Å²) in [7, 11) is 0. The van der Waals surface area contributed by atoms with Gasteiger partial charge in [0, 0.05) is 93.5 Å². The zero-order valence-electron chi connectivity index (χ0n) is 51.2. The number of H-pyrrole nitrogens is 3. The summed E-state index contributed by atoms with van der Waals surface area (Å²) < 4.78 is 0. The van der Waals surface area contributed by atoms with Crippen LogP contribution in [0.15, 0.2) is 164 Å². The first-order chi connectivity index (χ1) is 43.8. The lowest BCUT2D eigenvalue weighted by atomic mass is 9.83. The normalized spacial score (nSPS) is 14.8. The Bertz CT molecular complexity index is 3600. The molecule has 21 nitrogen and oxygen atoms in total. The number of para-hydroxylation sites is 3. The monoisotopic (exact) mass is 1270 g/mol. The highest BCUT2D eigenvalue weighted by molar-refractivity contribution is 6.18. The van der Waals surface area contributed by atoms with E-state index in [9.17, 15) is 44.1 Å². The molecule has 0 aliphatic rings. The fraction of sp³-hybridized carbons (Fsp3) is 0.314. The number of ketones is 3. The molecule has 0 aliphatic heterocycles. The highest BCUT2D eigenvalue weighted by Crippen LogP contribution is 2.36. The standard InChI is InChI=1S/C70H82N12O9.ClH/c71-34-10-7-31-68(74,62(86)58(83)37-46-40-77-55-16-4-1-13-52(46)55)65(89)80-49-25-19-43(20-26-49)61(44-21-27-50(28-22-44)81-66(90)69(75,32-8-11-35-72)63(87)59(84)38-47-41-78-56-17-5-2-14-53(47)56)45-23-29-51(30-24-45)82-67(91)70(76,33-9-12-36-73)64(88)60(85)39-48-42-79-57-18-6-3-15-54(48)57;/h1-6,13-30,40-42,58-61,77-79,83-85H,7-12,31-39,71-76H2,(H,80,89)(H,81,90)(H,82,91);1H/t58?,59?,60?,61?,68-,69-,70-;/m0./s1. The first kappa shape index (κ1) is 69.2. The van der Waals surface area contributed by atoms with Crippen molar-refractivity contribution < 1.29 is 44.1 Å². The number of carbonyl (C=O) groups is 6. The number of nitrogens with one attached hydrogen (secondary N) is 6. The molecule has 0 bridgehead atoms. The van der Waals surface area contributed by atoms with Crippen molar-refractivity contribution in [2.24, 2.45) is 34.4 Å². The lowest BCUT2D eigenvalue weighted by Crippen LogP contribution is -2.61. The Kier molecular flexibility index (Phi) is 23.4. The van der Waals surface area contributed by atoms with Crippen LogP contribution < -0.4 is 50.4 Å². The summed E-state index contributed by atoms with van der Waals surface area (Å²) in [6.45, 7) is 0.900. The number of amides is 3. The van der Waals surface area contributed by atoms with Crippen LogP contribution in [-0.2, 0) is 48.0 Å². The van der Waals surface area contributed by atoms with Crippen molar-refractivity contribution in [2.75, 3.05) is 35.6 Å². The van der Waals surface area contributed by atoms with E-state index in [1.54, 1.807) is 91.4 Å². The van der Waals surface area contributed by atoms with Crippen molar-refractivity contribution >= 4 is 97.2 Å². The fourth-order valence-electron chi connectivity index (χ4n) is 12.0. The number of aromatic amines is 3. The molecule has 484 valence electrons. The maximum absolute atomic E-state index is 14.3. The molecule has 92 heavy (non-hydrogen) atoms. The van der Waals surface area contributed by atoms with Gasteiger partial charge in [-0.15, -0.1) is 12.4 Å². The maximum atomic E-state index is 14.3. The lowest BCUT2D eigenvalue weighted by Gasteiger charge is -2.29. The highest BCUT2D eigenvalue weighted by Gasteiger charge is 2.47. The van der Waals surface area contributed by atoms with Crippen LogP contribution in [0.4, 0.5) is 17.1 Å². The predicted octanol–water partition coefficient (Wildman–Crippen LogP) is 6.55. The quantitative estimate of drug-likeness (QED) is 0.0118. The topological polar surface area (TPSA) is 403 Å². The number of carbonyl (C=O) groups excluding carboxylic acids is 6. The van der Waals surface area contributed by atoms with Crippen molar-refractivity contribution in [1.82, 2.24) is 15.0 Å². The smallest absolute Gasteiger partial charge is 0.252 e. The van der Waals surface area contributed by atoms with Crippen molar-refractivity contribution in [3.8, 4) is 0 Å². The average Bonchev–Trinajstić information content (AvgIpc) is 2.16. The van der Waals surface area contributed by atoms with E-state index in [2.05, 4.69) is 30.9 Å². The molecule has 3 amide bonds. The fourth-order valence-corrected chi connectivity index (χ4v) is 12.0. The van der Waals surface area contributed by atoms with E-state index >= 15 is 0 Å². The van der Waals surface area contributed by atoms with Crippen LogP contribution in [0.2, 0.25) is 0 Å². The molecule has 21 N–H and O–H groups in total. The number of Topliss-reactive ketones (excluding diaryl/α,β-unsaturated/α-hetero) is 3. The number of hydrogen-bond acceptors (Lipinski definition) is 15. The number of benzene rings is 6. The van der Waals surface area contributed by atoms with E-state index in [-0.39, 0.29) is 50.9 Å². The minimum atomic E-state index is -2.13. The van der Waals surface area contributed by atoms with Gasteiger partial charge in [-0.2, -0.15) is 0 Å². The maximum Gasteiger partial charge on any atom is 0.252 e. The summed E-state index contributed by atoms with van der Waals surface area (Å²) in [6, 6.07) is 43.0. The molecule has 22 heteroatoms. The second-order valence-corrected chi connectivity index (χ2v) is 23.6. The van der Waals surface area contributed by atoms with Crippen LogP contribution in [0.1, 0.15) is 97.1 Å². The number of anilines is 3. The number of unbranched alkanes of at least 4 members (excludes halogenated alkanes) is 3. The molecule has 0 saturated heterocycles. The second kappa shape index (κ2) is 31.1. The van der Waals surface area contributed by atoms with Crippen LogP contribution in [0.5, 0.6) is 0 Å². The number of aromatic nitrogens is 3. The molecule has 9 aromatic rings. The predicted molar refractivity (Wildman–Crippen MR) is 362 cm³/mol. The Morgan fingerprint density at radius 3 is 0.880 bits per heavy atom. The SMILES string of the molecule is Cl.NCCCC[C@@](N)(C(=O)Nc1ccc(C(c2ccc(NC(=O)[C@](N)(CCCCN)C(=O)C(O)Cc3c[nH]c4ccccc34)cc2)c2ccc(NC(=O)[C@](N)(CCCCN)C(=O)C(O)Cc3c[nH]c4ccccc34)cc2)cc1)C(=O)C(O)Cc1c[nH]c2ccccc12. The molecule has 3 unspecified atom stereocenters. The molecular weight excluding hydrogens is 1190 g/mol. The Balaban J connectivity index is 0.0000109. The van der Waals surface area contributed by atoms with Gasteiger partial charge >= 0.3 is 0 Å². The van der Waals surface area contributed by atoms with Gasteiger partial charge in [0.1, 0.15) is 18.3 Å². The molecule has 0 radical (unpaired) electrons. The number of aliphatic hydroxyl groups is 3. The van der Waals surface area contributed by atoms with E-state index in [4.69, 9.17) is 34.4 Å². The first-order valence-electron chi connectivity index (χ1n) is 30.8. The van der Waals surface area contributed by atoms with Crippen molar-refractivity contribution in [2.45, 2.75) is 118 Å². The molecular formula is C70H83ClN12O9. The van der Waals surface area contributed by atoms with E-state index in [0.29, 0.717) is 109 Å². The summed E-state index contributed by atoms with van der Waals surface area (Å²) in [5.41, 5.74) is 38.9. The minimum absolute atomic E-state index is 0. The first-order valence-corrected chi connectivity index (χ1v) is 30.8. The van der Waals surface area contributed by atoms with Gasteiger partial charge in [0.2, 0.25) is 0 Å². The molecule has 0 fully saturated rings. The number of rotatable bonds is 33. The van der Waals surface area contributed by atoms with Gasteiger partial charge in [0.15, 0.2) is 34.0 Å². The highest BCUT2D eigenvalue weighted by atomic mass is 35.5. The molecule has 0 saturated carbocycles. The van der Waals surface area contributed by atoms with E-state index in [0.717, 1.165) is 32.7 Å². The van der Waals surface area contributed by atoms with Gasteiger partial charge in [-0.05, 0) is 165 Å². The average molecular weight is 1270 g/mol. The number of fused-ring (bicyclic) bond motifs is 3. The van der Waals surface area contributed by atoms with Crippen LogP contribution in [0.3, 0.4) is 0 Å². The largest absolute Gasteiger partial charge is 0.385 e. The molecule has 0 spiro atoms. The Labute approximate surface area is 539 Å². The Morgan fingerprint density at radius 1 is 0.380 bits per heavy atom. The molecule has 9 rings (SSSR count). The zero-order valence-corrected chi connectivity index (χ0v) is 52.0. The molecule has 6 atom stereocenters. The third-order valence-electron chi connectivity index (χ3n) is 17.3. The summed E-state index contributed by atoms with van der Waals surface area (Å²) in [6.07, 6.45) is 2.29. The summed E-state index contributed by atoms with van der Waals surface area (Å²) in [5.74, 6) is -5.55. The van der Waals surface area contributed by atoms with Gasteiger partial charge in [-0.25, -0.2) is 0 Å². The number of aliphatic hydroxyl groups excluding tert-OH is 3. The van der Waals surface area contributed by atoms with Crippen LogP contribution in [0.25, 0.3) is 32.7 Å². The Morgan fingerprint density at radius 2 is 0.630 bits per heavy atom. The summed E-state index contributed by atoms with van der Waals surface area (Å²) in [4.78, 5) is 94.9. The van der Waals surface area contributed by atoms with Crippen LogP contribution >= 0.6 is 12.4 Å². The van der Waals surface area contributed by atoms with E-state index in [1.807, 2.05) is 72.8 Å². The third-order valence-corrected chi connectivity index (χ3v) is 17.3. The van der Waals surface area contributed by atoms with Crippen LogP contribution in [-0.4, -0.2) is 120 Å².